The van der Waals surface area contributed by atoms with Crippen LogP contribution in [0.1, 0.15) is 37.3 Å². The molecular weight excluding hydrogens is 302 g/mol. The van der Waals surface area contributed by atoms with Crippen molar-refractivity contribution in [2.45, 2.75) is 31.5 Å². The van der Waals surface area contributed by atoms with E-state index in [4.69, 9.17) is 4.74 Å². The highest BCUT2D eigenvalue weighted by Gasteiger charge is 2.06. The monoisotopic (exact) mass is 319 g/mol. The molecule has 2 rings (SSSR count). The number of hydrogen-bond acceptors (Lipinski definition) is 2. The molecule has 0 aliphatic carbocycles. The SMILES string of the molecule is CCC(C)c1ccc(Oc2ncccc2CBr)cc1. The first-order valence-electron chi connectivity index (χ1n) is 6.52. The molecule has 100 valence electrons. The number of benzene rings is 1. The highest BCUT2D eigenvalue weighted by Crippen LogP contribution is 2.26. The number of nitrogens with zero attached hydrogens (tertiary/aromatic N) is 1. The van der Waals surface area contributed by atoms with Crippen molar-refractivity contribution >= 4 is 15.9 Å². The molecule has 0 aliphatic rings. The van der Waals surface area contributed by atoms with Crippen LogP contribution in [0.3, 0.4) is 0 Å². The lowest BCUT2D eigenvalue weighted by molar-refractivity contribution is 0.458. The number of ether oxygens (including phenoxy) is 1. The van der Waals surface area contributed by atoms with E-state index in [-0.39, 0.29) is 0 Å². The number of hydrogen-bond donors (Lipinski definition) is 0. The van der Waals surface area contributed by atoms with Crippen LogP contribution in [0.4, 0.5) is 0 Å². The smallest absolute Gasteiger partial charge is 0.223 e. The molecule has 3 heteroatoms. The van der Waals surface area contributed by atoms with Gasteiger partial charge in [-0.2, -0.15) is 0 Å². The minimum Gasteiger partial charge on any atom is -0.439 e. The van der Waals surface area contributed by atoms with Crippen LogP contribution in [-0.4, -0.2) is 4.98 Å². The van der Waals surface area contributed by atoms with Gasteiger partial charge in [-0.05, 0) is 36.1 Å². The van der Waals surface area contributed by atoms with E-state index in [0.29, 0.717) is 11.8 Å². The van der Waals surface area contributed by atoms with Gasteiger partial charge in [-0.25, -0.2) is 4.98 Å². The molecule has 0 aliphatic heterocycles. The number of halogens is 1. The molecule has 0 saturated heterocycles. The Balaban J connectivity index is 2.15. The summed E-state index contributed by atoms with van der Waals surface area (Å²) in [5, 5.41) is 0.737. The maximum Gasteiger partial charge on any atom is 0.223 e. The predicted molar refractivity (Wildman–Crippen MR) is 82.1 cm³/mol. The molecule has 0 bridgehead atoms. The first-order chi connectivity index (χ1) is 9.24. The van der Waals surface area contributed by atoms with Gasteiger partial charge in [0.15, 0.2) is 0 Å². The molecule has 1 aromatic carbocycles. The van der Waals surface area contributed by atoms with Crippen molar-refractivity contribution in [2.75, 3.05) is 0 Å². The van der Waals surface area contributed by atoms with Crippen LogP contribution >= 0.6 is 15.9 Å². The van der Waals surface area contributed by atoms with Crippen LogP contribution in [0.5, 0.6) is 11.6 Å². The lowest BCUT2D eigenvalue weighted by Crippen LogP contribution is -1.94. The Hall–Kier alpha value is -1.35. The van der Waals surface area contributed by atoms with Crippen LogP contribution in [0, 0.1) is 0 Å². The van der Waals surface area contributed by atoms with Crippen LogP contribution < -0.4 is 4.74 Å². The fourth-order valence-electron chi connectivity index (χ4n) is 1.83. The summed E-state index contributed by atoms with van der Waals surface area (Å²) in [6, 6.07) is 12.2. The Bertz CT molecular complexity index is 525. The van der Waals surface area contributed by atoms with Crippen molar-refractivity contribution in [1.29, 1.82) is 0 Å². The van der Waals surface area contributed by atoms with Crippen LogP contribution in [-0.2, 0) is 5.33 Å². The van der Waals surface area contributed by atoms with E-state index >= 15 is 0 Å². The summed E-state index contributed by atoms with van der Waals surface area (Å²) >= 11 is 3.44. The average molecular weight is 320 g/mol. The zero-order valence-electron chi connectivity index (χ0n) is 11.3. The summed E-state index contributed by atoms with van der Waals surface area (Å²) in [4.78, 5) is 4.27. The van der Waals surface area contributed by atoms with E-state index in [0.717, 1.165) is 23.1 Å². The van der Waals surface area contributed by atoms with Gasteiger partial charge in [-0.3, -0.25) is 0 Å². The molecule has 1 atom stereocenters. The van der Waals surface area contributed by atoms with Crippen molar-refractivity contribution in [2.24, 2.45) is 0 Å². The van der Waals surface area contributed by atoms with E-state index in [1.165, 1.54) is 5.56 Å². The van der Waals surface area contributed by atoms with Crippen molar-refractivity contribution < 1.29 is 4.74 Å². The Kier molecular flexibility index (Phi) is 4.97. The molecule has 0 amide bonds. The van der Waals surface area contributed by atoms with E-state index in [9.17, 15) is 0 Å². The number of alkyl halides is 1. The second kappa shape index (κ2) is 6.71. The molecule has 0 N–H and O–H groups in total. The van der Waals surface area contributed by atoms with Crippen LogP contribution in [0.2, 0.25) is 0 Å². The maximum atomic E-state index is 5.83. The second-order valence-electron chi connectivity index (χ2n) is 4.58. The predicted octanol–water partition coefficient (Wildman–Crippen LogP) is 5.28. The highest BCUT2D eigenvalue weighted by molar-refractivity contribution is 9.08. The van der Waals surface area contributed by atoms with Gasteiger partial charge in [0.1, 0.15) is 5.75 Å². The van der Waals surface area contributed by atoms with Gasteiger partial charge in [0.05, 0.1) is 0 Å². The normalized spacial score (nSPS) is 12.2. The van der Waals surface area contributed by atoms with E-state index < -0.39 is 0 Å². The summed E-state index contributed by atoms with van der Waals surface area (Å²) in [5.41, 5.74) is 2.39. The molecule has 0 spiro atoms. The number of pyridine rings is 1. The molecule has 0 radical (unpaired) electrons. The van der Waals surface area contributed by atoms with Gasteiger partial charge in [0, 0.05) is 17.1 Å². The van der Waals surface area contributed by atoms with Gasteiger partial charge in [0.25, 0.3) is 0 Å². The lowest BCUT2D eigenvalue weighted by atomic mass is 9.99. The molecule has 1 heterocycles. The van der Waals surface area contributed by atoms with Crippen molar-refractivity contribution in [3.63, 3.8) is 0 Å². The first-order valence-corrected chi connectivity index (χ1v) is 7.64. The quantitative estimate of drug-likeness (QED) is 0.699. The van der Waals surface area contributed by atoms with E-state index in [1.54, 1.807) is 6.20 Å². The van der Waals surface area contributed by atoms with Crippen LogP contribution in [0.25, 0.3) is 0 Å². The summed E-state index contributed by atoms with van der Waals surface area (Å²) in [6.45, 7) is 4.43. The fourth-order valence-corrected chi connectivity index (χ4v) is 2.26. The molecule has 1 unspecified atom stereocenters. The minimum atomic E-state index is 0.585. The lowest BCUT2D eigenvalue weighted by Gasteiger charge is -2.11. The molecule has 19 heavy (non-hydrogen) atoms. The molecule has 0 saturated carbocycles. The Morgan fingerprint density at radius 2 is 1.95 bits per heavy atom. The van der Waals surface area contributed by atoms with E-state index in [1.807, 2.05) is 24.3 Å². The third-order valence-corrected chi connectivity index (χ3v) is 3.87. The van der Waals surface area contributed by atoms with Gasteiger partial charge in [-0.15, -0.1) is 0 Å². The Labute approximate surface area is 123 Å². The average Bonchev–Trinajstić information content (AvgIpc) is 2.48. The molecule has 2 aromatic rings. The summed E-state index contributed by atoms with van der Waals surface area (Å²) < 4.78 is 5.83. The van der Waals surface area contributed by atoms with Gasteiger partial charge in [-0.1, -0.05) is 48.0 Å². The first kappa shape index (κ1) is 14.1. The number of aromatic nitrogens is 1. The van der Waals surface area contributed by atoms with E-state index in [2.05, 4.69) is 46.9 Å². The van der Waals surface area contributed by atoms with Crippen molar-refractivity contribution in [1.82, 2.24) is 4.98 Å². The summed E-state index contributed by atoms with van der Waals surface area (Å²) in [6.07, 6.45) is 2.89. The van der Waals surface area contributed by atoms with Crippen molar-refractivity contribution in [3.8, 4) is 11.6 Å². The Morgan fingerprint density at radius 3 is 2.58 bits per heavy atom. The summed E-state index contributed by atoms with van der Waals surface area (Å²) in [5.74, 6) is 2.07. The fraction of sp³-hybridized carbons (Fsp3) is 0.312. The zero-order chi connectivity index (χ0) is 13.7. The van der Waals surface area contributed by atoms with Gasteiger partial charge >= 0.3 is 0 Å². The topological polar surface area (TPSA) is 22.1 Å². The molecule has 2 nitrogen and oxygen atoms in total. The molecule has 0 fully saturated rings. The van der Waals surface area contributed by atoms with Gasteiger partial charge in [0.2, 0.25) is 5.88 Å². The highest BCUT2D eigenvalue weighted by atomic mass is 79.9. The van der Waals surface area contributed by atoms with Gasteiger partial charge < -0.3 is 4.74 Å². The Morgan fingerprint density at radius 1 is 1.21 bits per heavy atom. The second-order valence-corrected chi connectivity index (χ2v) is 5.14. The minimum absolute atomic E-state index is 0.585. The summed E-state index contributed by atoms with van der Waals surface area (Å²) in [7, 11) is 0. The largest absolute Gasteiger partial charge is 0.439 e. The maximum absolute atomic E-state index is 5.83. The zero-order valence-corrected chi connectivity index (χ0v) is 12.9. The third kappa shape index (κ3) is 3.57. The standard InChI is InChI=1S/C16H18BrNO/c1-3-12(2)13-6-8-15(9-7-13)19-16-14(11-17)5-4-10-18-16/h4-10,12H,3,11H2,1-2H3. The number of rotatable bonds is 5. The van der Waals surface area contributed by atoms with Crippen molar-refractivity contribution in [3.05, 3.63) is 53.7 Å². The third-order valence-electron chi connectivity index (χ3n) is 3.27. The molecule has 1 aromatic heterocycles. The van der Waals surface area contributed by atoms with Crippen LogP contribution in [0.15, 0.2) is 42.6 Å². The molecular formula is C16H18BrNO.